The average Bonchev–Trinajstić information content (AvgIpc) is 1.50. The lowest BCUT2D eigenvalue weighted by Crippen LogP contribution is -2.40. The van der Waals surface area contributed by atoms with Gasteiger partial charge in [0.25, 0.3) is 32.1 Å². The van der Waals surface area contributed by atoms with Gasteiger partial charge in [0.05, 0.1) is 72.4 Å². The number of phosphoric acid groups is 3. The van der Waals surface area contributed by atoms with Gasteiger partial charge in [0.1, 0.15) is 92.0 Å². The first kappa shape index (κ1) is 96.1. The number of carbonyl (C=O) groups excluding carboxylic acids is 5. The Morgan fingerprint density at radius 1 is 0.862 bits per heavy atom. The molecule has 1 saturated heterocycles. The van der Waals surface area contributed by atoms with E-state index in [9.17, 15) is 78.9 Å². The third-order valence-corrected chi connectivity index (χ3v) is 27.1. The Labute approximate surface area is 713 Å². The van der Waals surface area contributed by atoms with Gasteiger partial charge in [0, 0.05) is 151 Å². The number of Topliss-reactive ketones (excluding diaryl/α,β-unsaturated/α-hetero) is 2. The molecule has 0 aliphatic carbocycles. The predicted octanol–water partition coefficient (Wildman–Crippen LogP) is 6.84. The highest BCUT2D eigenvalue weighted by Gasteiger charge is 2.44. The van der Waals surface area contributed by atoms with E-state index >= 15 is 0 Å². The van der Waals surface area contributed by atoms with Crippen molar-refractivity contribution in [3.63, 3.8) is 0 Å². The number of nitrogens with one attached hydrogen (secondary N) is 3. The molecule has 3 amide bonds. The number of amides is 3. The molecule has 4 aromatic carbocycles. The van der Waals surface area contributed by atoms with Gasteiger partial charge < -0.3 is 84.0 Å². The molecule has 4 unspecified atom stereocenters. The average molecular weight is 1850 g/mol. The quantitative estimate of drug-likeness (QED) is 0.00214. The van der Waals surface area contributed by atoms with Crippen LogP contribution < -0.4 is 51.2 Å². The van der Waals surface area contributed by atoms with Crippen LogP contribution in [0.25, 0.3) is 37.5 Å². The normalized spacial score (nSPS) is 16.7. The molecule has 4 aliphatic rings. The number of hydrogen-bond donors (Lipinski definition) is 10. The van der Waals surface area contributed by atoms with Crippen LogP contribution >= 0.6 is 45.1 Å². The molecule has 6 atom stereocenters. The molecule has 50 heteroatoms. The van der Waals surface area contributed by atoms with Gasteiger partial charge in [-0.15, -0.1) is 0 Å². The summed E-state index contributed by atoms with van der Waals surface area (Å²) in [5.74, 6) is 6.27. The van der Waals surface area contributed by atoms with E-state index in [0.29, 0.717) is 111 Å². The summed E-state index contributed by atoms with van der Waals surface area (Å²) in [5, 5.41) is 17.6. The number of ether oxygens (including phenoxy) is 6. The molecule has 1 fully saturated rings. The van der Waals surface area contributed by atoms with E-state index in [4.69, 9.17) is 54.0 Å². The zero-order valence-corrected chi connectivity index (χ0v) is 72.2. The maximum absolute atomic E-state index is 14.6. The van der Waals surface area contributed by atoms with Crippen molar-refractivity contribution in [1.29, 1.82) is 0 Å². The van der Waals surface area contributed by atoms with Crippen LogP contribution in [0, 0.1) is 11.8 Å². The Bertz CT molecular complexity index is 5580. The van der Waals surface area contributed by atoms with Crippen molar-refractivity contribution in [3.8, 4) is 29.1 Å². The van der Waals surface area contributed by atoms with Gasteiger partial charge in [-0.25, -0.2) is 28.2 Å². The molecule has 0 bridgehead atoms. The van der Waals surface area contributed by atoms with Crippen LogP contribution in [0.15, 0.2) is 95.5 Å². The first-order valence-corrected chi connectivity index (χ1v) is 48.7. The number of phosphoric ester groups is 1. The number of benzene rings is 4. The number of azide groups is 2. The summed E-state index contributed by atoms with van der Waals surface area (Å²) in [7, 11) is -20.6. The molecule has 11 N–H and O–H groups in total. The Kier molecular flexibility index (Phi) is 35.3. The van der Waals surface area contributed by atoms with Crippen molar-refractivity contribution in [3.05, 3.63) is 150 Å². The second kappa shape index (κ2) is 45.2. The second-order valence-electron chi connectivity index (χ2n) is 28.1. The van der Waals surface area contributed by atoms with Gasteiger partial charge in [-0.2, -0.15) is 25.5 Å². The number of carbonyl (C=O) groups is 5. The first-order chi connectivity index (χ1) is 58.6. The standard InChI is InChI=1S/C73H91N16O27P3S4/c1-86(73(94)55-20-3-2-19-54(55)69-56-37-48-14-7-26-87(27-10-34-122(102,103)104)59(48)39-61(56)113-62-40-60-58(38-57(62)69)77-24-29-88(60)28-11-35-123(105,106)107)25-8-16-51(90)17-9-32-120-121-33-21-52(91)15-6-23-79-72(93)49-12-4-18-53(36-49)110-45-66(83-85-76)109-31-30-108-44-65(92)78-22-5-13-50-42-89(71-68(50)70(74)80-46-81-71)67-41-63(111-47-82-84-75)64(114-67)43-112-118(98,99)116-119(100,101)115-117(95,96)97/h2-4,12,18-20,36-40,42,46,63-64,66-67H,6-11,14-17,21-35,41,43-45,47H2,1H3,(H10-,74,77,78,79,80,81,92,93,94,95,96,97,98,99,100,101,102,103,104,105,106,107)/p+1/t63?,64-,66?,67-/m1/s1. The topological polar surface area (TPSA) is 609 Å². The molecule has 4 aliphatic heterocycles. The summed E-state index contributed by atoms with van der Waals surface area (Å²) in [4.78, 5) is 121. The molecule has 10 rings (SSSR count). The van der Waals surface area contributed by atoms with E-state index in [2.05, 4.69) is 77.1 Å². The third kappa shape index (κ3) is 29.5. The molecule has 664 valence electrons. The Balaban J connectivity index is 0.598. The molecule has 6 aromatic rings. The fraction of sp³-hybridized carbons (Fsp3) is 0.479. The third-order valence-electron chi connectivity index (χ3n) is 19.2. The van der Waals surface area contributed by atoms with Crippen molar-refractivity contribution in [2.45, 2.75) is 102 Å². The summed E-state index contributed by atoms with van der Waals surface area (Å²) in [6.45, 7) is 0.469. The molecular formula is C73H92N16O27P3S4+. The van der Waals surface area contributed by atoms with Crippen molar-refractivity contribution in [2.24, 2.45) is 10.2 Å². The van der Waals surface area contributed by atoms with Gasteiger partial charge in [-0.05, 0) is 85.1 Å². The lowest BCUT2D eigenvalue weighted by atomic mass is 9.87. The van der Waals surface area contributed by atoms with Gasteiger partial charge >= 0.3 is 23.5 Å². The summed E-state index contributed by atoms with van der Waals surface area (Å²) in [5.41, 5.74) is 30.0. The van der Waals surface area contributed by atoms with Gasteiger partial charge in [0.2, 0.25) is 11.3 Å². The summed E-state index contributed by atoms with van der Waals surface area (Å²) in [6, 6.07) is 21.5. The number of rotatable bonds is 49. The molecule has 6 heterocycles. The van der Waals surface area contributed by atoms with Crippen LogP contribution in [0.3, 0.4) is 0 Å². The molecule has 43 nitrogen and oxygen atoms in total. The minimum atomic E-state index is -5.84. The van der Waals surface area contributed by atoms with Crippen LogP contribution in [0.2, 0.25) is 0 Å². The van der Waals surface area contributed by atoms with E-state index < -0.39 is 106 Å². The van der Waals surface area contributed by atoms with E-state index in [1.165, 1.54) is 16.8 Å². The summed E-state index contributed by atoms with van der Waals surface area (Å²) in [6.07, 6.45) is 2.65. The number of nitrogen functional groups attached to an aromatic ring is 1. The van der Waals surface area contributed by atoms with Gasteiger partial charge in [0.15, 0.2) is 6.23 Å². The van der Waals surface area contributed by atoms with Gasteiger partial charge in [-0.1, -0.05) is 67.9 Å². The Morgan fingerprint density at radius 3 is 2.41 bits per heavy atom. The van der Waals surface area contributed by atoms with Crippen molar-refractivity contribution in [1.82, 2.24) is 34.6 Å². The lowest BCUT2D eigenvalue weighted by molar-refractivity contribution is -0.126. The van der Waals surface area contributed by atoms with Crippen LogP contribution in [-0.2, 0) is 86.8 Å². The smallest absolute Gasteiger partial charge is 0.490 e. The van der Waals surface area contributed by atoms with Crippen LogP contribution in [0.4, 0.5) is 17.2 Å². The SMILES string of the molecule is CN(CCCC(=O)CCCSSCCC(=O)CCCNC(=O)c1cccc(OCC(N=[N+]=[N-])OCCOCC(=O)NCC#Cc2cn([C@H]3CC(OCN=[N+]=[N-])[C@@H](COP(=O)(O)OP(=O)(O)OP(=O)(O)O)O3)c3ncnc(N)c23)c1)C(=O)c1ccccc1C1=c2cc3c(cc2Oc2cc4c(cc21)NCCN4CCCS(=O)(=O)O)=[N+](CCCS(=O)(=O)O)CCC3. The number of aromatic nitrogens is 3. The van der Waals surface area contributed by atoms with E-state index in [1.54, 1.807) is 63.9 Å². The summed E-state index contributed by atoms with van der Waals surface area (Å²) < 4.78 is 152. The fourth-order valence-corrected chi connectivity index (χ4v) is 19.9. The minimum Gasteiger partial charge on any atom is -0.491 e. The molecule has 2 aromatic heterocycles. The van der Waals surface area contributed by atoms with E-state index in [1.807, 2.05) is 35.2 Å². The Morgan fingerprint density at radius 2 is 1.63 bits per heavy atom. The monoisotopic (exact) mass is 1850 g/mol. The number of aryl methyl sites for hydroxylation is 1. The molecular weight excluding hydrogens is 1750 g/mol. The number of hydrogen-bond acceptors (Lipinski definition) is 30. The highest BCUT2D eigenvalue weighted by molar-refractivity contribution is 8.76. The number of anilines is 3. The highest BCUT2D eigenvalue weighted by atomic mass is 33.1. The summed E-state index contributed by atoms with van der Waals surface area (Å²) >= 11 is 0. The van der Waals surface area contributed by atoms with Crippen LogP contribution in [-0.4, -0.2) is 235 Å². The fourth-order valence-electron chi connectivity index (χ4n) is 13.8. The first-order valence-electron chi connectivity index (χ1n) is 38.5. The van der Waals surface area contributed by atoms with Gasteiger partial charge in [-0.3, -0.25) is 37.6 Å². The zero-order valence-electron chi connectivity index (χ0n) is 66.3. The largest absolute Gasteiger partial charge is 0.491 e. The zero-order chi connectivity index (χ0) is 88.5. The minimum absolute atomic E-state index is 0.00348. The maximum atomic E-state index is 14.6. The van der Waals surface area contributed by atoms with Crippen molar-refractivity contribution >= 4 is 128 Å². The highest BCUT2D eigenvalue weighted by Crippen LogP contribution is 2.66. The predicted molar refractivity (Wildman–Crippen MR) is 450 cm³/mol. The van der Waals surface area contributed by atoms with E-state index in [0.717, 1.165) is 52.3 Å². The molecule has 0 radical (unpaired) electrons. The van der Waals surface area contributed by atoms with Crippen molar-refractivity contribution in [2.75, 3.05) is 138 Å². The number of fused-ring (bicyclic) bond motifs is 5. The lowest BCUT2D eigenvalue weighted by Gasteiger charge is -2.34. The molecule has 0 spiro atoms. The van der Waals surface area contributed by atoms with Crippen molar-refractivity contribution < 1.29 is 125 Å². The van der Waals surface area contributed by atoms with Crippen LogP contribution in [0.5, 0.6) is 17.2 Å². The van der Waals surface area contributed by atoms with E-state index in [-0.39, 0.29) is 122 Å². The Hall–Kier alpha value is -9.13. The maximum Gasteiger partial charge on any atom is 0.490 e. The molecule has 123 heavy (non-hydrogen) atoms. The number of ketones is 2. The number of nitrogens with zero attached hydrogens (tertiary/aromatic N) is 12. The number of nitrogens with two attached hydrogens (primary N) is 1. The molecule has 0 saturated carbocycles. The van der Waals surface area contributed by atoms with Crippen LogP contribution in [0.1, 0.15) is 120 Å². The second-order valence-corrected chi connectivity index (χ2v) is 38.4.